The van der Waals surface area contributed by atoms with E-state index in [0.29, 0.717) is 0 Å². The second-order valence-electron chi connectivity index (χ2n) is 5.07. The van der Waals surface area contributed by atoms with E-state index in [1.165, 1.54) is 11.1 Å². The highest BCUT2D eigenvalue weighted by Crippen LogP contribution is 2.30. The summed E-state index contributed by atoms with van der Waals surface area (Å²) < 4.78 is 0. The van der Waals surface area contributed by atoms with Gasteiger partial charge < -0.3 is 0 Å². The molecule has 0 fully saturated rings. The van der Waals surface area contributed by atoms with Gasteiger partial charge in [0.1, 0.15) is 5.01 Å². The van der Waals surface area contributed by atoms with Crippen molar-refractivity contribution in [2.45, 2.75) is 33.1 Å². The van der Waals surface area contributed by atoms with Gasteiger partial charge in [-0.3, -0.25) is 0 Å². The van der Waals surface area contributed by atoms with E-state index in [-0.39, 0.29) is 0 Å². The zero-order valence-corrected chi connectivity index (χ0v) is 11.9. The minimum atomic E-state index is -0.519. The maximum absolute atomic E-state index is 9.12. The Kier molecular flexibility index (Phi) is 3.23. The highest BCUT2D eigenvalue weighted by Gasteiger charge is 2.23. The van der Waals surface area contributed by atoms with Crippen LogP contribution in [0.1, 0.15) is 30.7 Å². The Balaban J connectivity index is 2.42. The first-order valence-electron chi connectivity index (χ1n) is 5.89. The van der Waals surface area contributed by atoms with Crippen molar-refractivity contribution in [3.8, 4) is 16.6 Å². The molecule has 0 aliphatic rings. The monoisotopic (exact) mass is 256 g/mol. The quantitative estimate of drug-likeness (QED) is 0.806. The van der Waals surface area contributed by atoms with Crippen LogP contribution in [0.15, 0.2) is 23.6 Å². The Morgan fingerprint density at radius 3 is 2.56 bits per heavy atom. The molecule has 0 atom stereocenters. The molecule has 0 unspecified atom stereocenters. The largest absolute Gasteiger partial charge is 0.239 e. The van der Waals surface area contributed by atoms with Crippen LogP contribution in [-0.2, 0) is 5.41 Å². The number of aromatic nitrogens is 1. The average molecular weight is 256 g/mol. The standard InChI is InChI=1S/C15H16N2S/c1-10-5-6-12(7-11(10)2)14-17-13(8-18-14)15(3,4)9-16/h5-8H,1-4H3. The lowest BCUT2D eigenvalue weighted by Gasteiger charge is -2.10. The van der Waals surface area contributed by atoms with Crippen LogP contribution in [-0.4, -0.2) is 4.98 Å². The number of hydrogen-bond donors (Lipinski definition) is 0. The van der Waals surface area contributed by atoms with Crippen molar-refractivity contribution >= 4 is 11.3 Å². The van der Waals surface area contributed by atoms with Gasteiger partial charge in [-0.05, 0) is 44.9 Å². The molecule has 18 heavy (non-hydrogen) atoms. The molecular formula is C15H16N2S. The summed E-state index contributed by atoms with van der Waals surface area (Å²) in [7, 11) is 0. The topological polar surface area (TPSA) is 36.7 Å². The molecule has 1 heterocycles. The molecule has 92 valence electrons. The van der Waals surface area contributed by atoms with Crippen molar-refractivity contribution < 1.29 is 0 Å². The van der Waals surface area contributed by atoms with Crippen molar-refractivity contribution in [3.63, 3.8) is 0 Å². The number of thiazole rings is 1. The van der Waals surface area contributed by atoms with Crippen molar-refractivity contribution in [2.24, 2.45) is 0 Å². The third-order valence-corrected chi connectivity index (χ3v) is 4.07. The third-order valence-electron chi connectivity index (χ3n) is 3.18. The molecule has 0 aliphatic heterocycles. The van der Waals surface area contributed by atoms with E-state index in [1.807, 2.05) is 19.2 Å². The average Bonchev–Trinajstić information content (AvgIpc) is 2.83. The van der Waals surface area contributed by atoms with E-state index < -0.39 is 5.41 Å². The minimum Gasteiger partial charge on any atom is -0.239 e. The van der Waals surface area contributed by atoms with Gasteiger partial charge in [-0.15, -0.1) is 11.3 Å². The van der Waals surface area contributed by atoms with Gasteiger partial charge in [0, 0.05) is 10.9 Å². The summed E-state index contributed by atoms with van der Waals surface area (Å²) in [6, 6.07) is 8.64. The van der Waals surface area contributed by atoms with E-state index in [0.717, 1.165) is 16.3 Å². The van der Waals surface area contributed by atoms with Crippen LogP contribution in [0.25, 0.3) is 10.6 Å². The molecular weight excluding hydrogens is 240 g/mol. The normalized spacial score (nSPS) is 11.3. The molecule has 0 radical (unpaired) electrons. The summed E-state index contributed by atoms with van der Waals surface area (Å²) in [5, 5.41) is 12.1. The number of hydrogen-bond acceptors (Lipinski definition) is 3. The van der Waals surface area contributed by atoms with Gasteiger partial charge in [0.05, 0.1) is 17.2 Å². The minimum absolute atomic E-state index is 0.519. The van der Waals surface area contributed by atoms with Crippen LogP contribution in [0.2, 0.25) is 0 Å². The summed E-state index contributed by atoms with van der Waals surface area (Å²) in [6.45, 7) is 8.00. The Morgan fingerprint density at radius 1 is 1.22 bits per heavy atom. The first kappa shape index (κ1) is 12.8. The first-order valence-corrected chi connectivity index (χ1v) is 6.77. The van der Waals surface area contributed by atoms with Crippen molar-refractivity contribution in [3.05, 3.63) is 40.4 Å². The molecule has 2 rings (SSSR count). The third kappa shape index (κ3) is 2.30. The fourth-order valence-corrected chi connectivity index (χ4v) is 2.61. The summed E-state index contributed by atoms with van der Waals surface area (Å²) >= 11 is 1.60. The van der Waals surface area contributed by atoms with Crippen LogP contribution in [0.5, 0.6) is 0 Å². The van der Waals surface area contributed by atoms with Gasteiger partial charge in [0.2, 0.25) is 0 Å². The van der Waals surface area contributed by atoms with Gasteiger partial charge in [-0.25, -0.2) is 4.98 Å². The van der Waals surface area contributed by atoms with Crippen molar-refractivity contribution in [1.29, 1.82) is 5.26 Å². The fraction of sp³-hybridized carbons (Fsp3) is 0.333. The van der Waals surface area contributed by atoms with Crippen LogP contribution < -0.4 is 0 Å². The lowest BCUT2D eigenvalue weighted by Crippen LogP contribution is -2.14. The van der Waals surface area contributed by atoms with Crippen LogP contribution in [0.3, 0.4) is 0 Å². The molecule has 1 aromatic carbocycles. The molecule has 0 bridgehead atoms. The van der Waals surface area contributed by atoms with E-state index in [9.17, 15) is 0 Å². The Morgan fingerprint density at radius 2 is 1.94 bits per heavy atom. The highest BCUT2D eigenvalue weighted by molar-refractivity contribution is 7.13. The maximum Gasteiger partial charge on any atom is 0.123 e. The van der Waals surface area contributed by atoms with Crippen molar-refractivity contribution in [1.82, 2.24) is 4.98 Å². The van der Waals surface area contributed by atoms with Gasteiger partial charge in [0.15, 0.2) is 0 Å². The summed E-state index contributed by atoms with van der Waals surface area (Å²) in [5.41, 5.74) is 4.01. The number of benzene rings is 1. The Bertz CT molecular complexity index is 618. The van der Waals surface area contributed by atoms with Gasteiger partial charge in [-0.1, -0.05) is 12.1 Å². The number of aryl methyl sites for hydroxylation is 2. The lowest BCUT2D eigenvalue weighted by molar-refractivity contribution is 0.666. The molecule has 2 aromatic rings. The zero-order chi connectivity index (χ0) is 13.3. The Hall–Kier alpha value is -1.66. The SMILES string of the molecule is Cc1ccc(-c2nc(C(C)(C)C#N)cs2)cc1C. The van der Waals surface area contributed by atoms with E-state index >= 15 is 0 Å². The molecule has 0 aliphatic carbocycles. The summed E-state index contributed by atoms with van der Waals surface area (Å²) in [4.78, 5) is 4.59. The zero-order valence-electron chi connectivity index (χ0n) is 11.1. The first-order chi connectivity index (χ1) is 8.44. The maximum atomic E-state index is 9.12. The van der Waals surface area contributed by atoms with E-state index in [4.69, 9.17) is 5.26 Å². The highest BCUT2D eigenvalue weighted by atomic mass is 32.1. The predicted molar refractivity (Wildman–Crippen MR) is 75.7 cm³/mol. The molecule has 0 spiro atoms. The van der Waals surface area contributed by atoms with Gasteiger partial charge >= 0.3 is 0 Å². The summed E-state index contributed by atoms with van der Waals surface area (Å²) in [5.74, 6) is 0. The lowest BCUT2D eigenvalue weighted by atomic mass is 9.92. The predicted octanol–water partition coefficient (Wildman–Crippen LogP) is 4.23. The molecule has 0 saturated heterocycles. The second kappa shape index (κ2) is 4.55. The van der Waals surface area contributed by atoms with E-state index in [2.05, 4.69) is 43.1 Å². The molecule has 1 aromatic heterocycles. The molecule has 0 N–H and O–H groups in total. The van der Waals surface area contributed by atoms with Gasteiger partial charge in [-0.2, -0.15) is 5.26 Å². The number of nitrogens with zero attached hydrogens (tertiary/aromatic N) is 2. The van der Waals surface area contributed by atoms with E-state index in [1.54, 1.807) is 11.3 Å². The molecule has 0 saturated carbocycles. The van der Waals surface area contributed by atoms with Gasteiger partial charge in [0.25, 0.3) is 0 Å². The molecule has 2 nitrogen and oxygen atoms in total. The fourth-order valence-electron chi connectivity index (χ4n) is 1.63. The van der Waals surface area contributed by atoms with Crippen molar-refractivity contribution in [2.75, 3.05) is 0 Å². The molecule has 0 amide bonds. The van der Waals surface area contributed by atoms with Crippen LogP contribution in [0.4, 0.5) is 0 Å². The summed E-state index contributed by atoms with van der Waals surface area (Å²) in [6.07, 6.45) is 0. The molecule has 3 heteroatoms. The number of rotatable bonds is 2. The van der Waals surface area contributed by atoms with Crippen LogP contribution >= 0.6 is 11.3 Å². The smallest absolute Gasteiger partial charge is 0.123 e. The van der Waals surface area contributed by atoms with Crippen LogP contribution in [0, 0.1) is 25.2 Å². The second-order valence-corrected chi connectivity index (χ2v) is 5.93. The Labute approximate surface area is 112 Å². The number of nitriles is 1.